The van der Waals surface area contributed by atoms with E-state index in [1.807, 2.05) is 23.7 Å². The standard InChI is InChI=1S/C12H17BrN4/c1-8(7-13)10(3)15-12-11-6-9(2)16-17(11)5-4-14-12/h4-6,8,10H,7H2,1-3H3,(H,14,15). The number of anilines is 1. The second-order valence-electron chi connectivity index (χ2n) is 4.46. The van der Waals surface area contributed by atoms with E-state index in [0.717, 1.165) is 22.4 Å². The van der Waals surface area contributed by atoms with Gasteiger partial charge in [-0.25, -0.2) is 9.50 Å². The van der Waals surface area contributed by atoms with Crippen molar-refractivity contribution in [3.8, 4) is 0 Å². The summed E-state index contributed by atoms with van der Waals surface area (Å²) < 4.78 is 1.86. The molecule has 0 spiro atoms. The van der Waals surface area contributed by atoms with E-state index in [1.165, 1.54) is 0 Å². The Hall–Kier alpha value is -1.10. The van der Waals surface area contributed by atoms with Crippen LogP contribution in [0.1, 0.15) is 19.5 Å². The van der Waals surface area contributed by atoms with E-state index in [1.54, 1.807) is 6.20 Å². The molecule has 4 nitrogen and oxygen atoms in total. The summed E-state index contributed by atoms with van der Waals surface area (Å²) in [4.78, 5) is 4.39. The van der Waals surface area contributed by atoms with E-state index >= 15 is 0 Å². The van der Waals surface area contributed by atoms with Crippen LogP contribution in [0.15, 0.2) is 18.5 Å². The molecule has 2 unspecified atom stereocenters. The number of alkyl halides is 1. The molecule has 2 aromatic heterocycles. The number of aryl methyl sites for hydroxylation is 1. The van der Waals surface area contributed by atoms with Crippen LogP contribution in [0.25, 0.3) is 5.52 Å². The highest BCUT2D eigenvalue weighted by Crippen LogP contribution is 2.18. The molecule has 1 N–H and O–H groups in total. The first-order valence-electron chi connectivity index (χ1n) is 5.75. The zero-order chi connectivity index (χ0) is 12.4. The molecule has 0 aromatic carbocycles. The van der Waals surface area contributed by atoms with E-state index in [4.69, 9.17) is 0 Å². The molecule has 0 saturated carbocycles. The summed E-state index contributed by atoms with van der Waals surface area (Å²) in [5, 5.41) is 8.80. The Balaban J connectivity index is 2.29. The van der Waals surface area contributed by atoms with Crippen molar-refractivity contribution in [3.05, 3.63) is 24.2 Å². The summed E-state index contributed by atoms with van der Waals surface area (Å²) in [5.74, 6) is 1.44. The average molecular weight is 297 g/mol. The Morgan fingerprint density at radius 3 is 2.94 bits per heavy atom. The summed E-state index contributed by atoms with van der Waals surface area (Å²) in [6.45, 7) is 6.36. The van der Waals surface area contributed by atoms with Gasteiger partial charge in [-0.3, -0.25) is 0 Å². The summed E-state index contributed by atoms with van der Waals surface area (Å²) >= 11 is 3.50. The van der Waals surface area contributed by atoms with Crippen LogP contribution in [0.4, 0.5) is 5.82 Å². The molecule has 0 aliphatic rings. The van der Waals surface area contributed by atoms with Gasteiger partial charge < -0.3 is 5.32 Å². The summed E-state index contributed by atoms with van der Waals surface area (Å²) in [7, 11) is 0. The molecule has 2 atom stereocenters. The van der Waals surface area contributed by atoms with E-state index in [-0.39, 0.29) is 0 Å². The zero-order valence-corrected chi connectivity index (χ0v) is 11.9. The first-order chi connectivity index (χ1) is 8.11. The van der Waals surface area contributed by atoms with Gasteiger partial charge in [-0.1, -0.05) is 22.9 Å². The van der Waals surface area contributed by atoms with Crippen LogP contribution in [0.2, 0.25) is 0 Å². The lowest BCUT2D eigenvalue weighted by Crippen LogP contribution is -2.25. The Bertz CT molecular complexity index is 508. The topological polar surface area (TPSA) is 42.2 Å². The molecule has 2 rings (SSSR count). The third kappa shape index (κ3) is 2.60. The molecule has 92 valence electrons. The molecular weight excluding hydrogens is 280 g/mol. The number of nitrogens with one attached hydrogen (secondary N) is 1. The van der Waals surface area contributed by atoms with Gasteiger partial charge in [0.05, 0.1) is 5.69 Å². The number of fused-ring (bicyclic) bond motifs is 1. The van der Waals surface area contributed by atoms with Gasteiger partial charge in [0.15, 0.2) is 5.82 Å². The highest BCUT2D eigenvalue weighted by atomic mass is 79.9. The maximum absolute atomic E-state index is 4.39. The average Bonchev–Trinajstić information content (AvgIpc) is 2.69. The highest BCUT2D eigenvalue weighted by molar-refractivity contribution is 9.09. The molecule has 0 amide bonds. The maximum atomic E-state index is 4.39. The second kappa shape index (κ2) is 5.04. The van der Waals surface area contributed by atoms with E-state index < -0.39 is 0 Å². The SMILES string of the molecule is Cc1cc2c(NC(C)C(C)CBr)nccn2n1. The van der Waals surface area contributed by atoms with Crippen LogP contribution in [0.5, 0.6) is 0 Å². The molecule has 0 radical (unpaired) electrons. The van der Waals surface area contributed by atoms with Crippen molar-refractivity contribution in [2.75, 3.05) is 10.6 Å². The summed E-state index contributed by atoms with van der Waals surface area (Å²) in [5.41, 5.74) is 2.03. The van der Waals surface area contributed by atoms with Gasteiger partial charge in [0.25, 0.3) is 0 Å². The first-order valence-corrected chi connectivity index (χ1v) is 6.87. The summed E-state index contributed by atoms with van der Waals surface area (Å²) in [6.07, 6.45) is 3.64. The van der Waals surface area contributed by atoms with Crippen LogP contribution in [-0.2, 0) is 0 Å². The lowest BCUT2D eigenvalue weighted by Gasteiger charge is -2.20. The molecule has 0 aliphatic heterocycles. The van der Waals surface area contributed by atoms with Crippen molar-refractivity contribution >= 4 is 27.3 Å². The predicted octanol–water partition coefficient (Wildman–Crippen LogP) is 2.87. The molecule has 0 fully saturated rings. The molecule has 2 heterocycles. The highest BCUT2D eigenvalue weighted by Gasteiger charge is 2.13. The van der Waals surface area contributed by atoms with Gasteiger partial charge in [0.1, 0.15) is 5.52 Å². The van der Waals surface area contributed by atoms with Crippen LogP contribution in [0.3, 0.4) is 0 Å². The zero-order valence-electron chi connectivity index (χ0n) is 10.3. The Kier molecular flexibility index (Phi) is 3.66. The predicted molar refractivity (Wildman–Crippen MR) is 73.8 cm³/mol. The Morgan fingerprint density at radius 1 is 1.47 bits per heavy atom. The van der Waals surface area contributed by atoms with Gasteiger partial charge in [0, 0.05) is 23.8 Å². The normalized spacial score (nSPS) is 14.8. The molecular formula is C12H17BrN4. The van der Waals surface area contributed by atoms with Crippen molar-refractivity contribution < 1.29 is 0 Å². The van der Waals surface area contributed by atoms with Crippen LogP contribution in [-0.4, -0.2) is 26.0 Å². The smallest absolute Gasteiger partial charge is 0.152 e. The molecule has 0 saturated heterocycles. The lowest BCUT2D eigenvalue weighted by atomic mass is 10.1. The third-order valence-electron chi connectivity index (χ3n) is 2.97. The molecule has 0 bridgehead atoms. The monoisotopic (exact) mass is 296 g/mol. The van der Waals surface area contributed by atoms with Crippen molar-refractivity contribution in [2.24, 2.45) is 5.92 Å². The van der Waals surface area contributed by atoms with Crippen molar-refractivity contribution in [3.63, 3.8) is 0 Å². The molecule has 0 aliphatic carbocycles. The van der Waals surface area contributed by atoms with Crippen molar-refractivity contribution in [1.82, 2.24) is 14.6 Å². The molecule has 17 heavy (non-hydrogen) atoms. The summed E-state index contributed by atoms with van der Waals surface area (Å²) in [6, 6.07) is 2.41. The van der Waals surface area contributed by atoms with Gasteiger partial charge in [-0.2, -0.15) is 5.10 Å². The second-order valence-corrected chi connectivity index (χ2v) is 5.10. The van der Waals surface area contributed by atoms with Crippen molar-refractivity contribution in [1.29, 1.82) is 0 Å². The van der Waals surface area contributed by atoms with Gasteiger partial charge in [-0.15, -0.1) is 0 Å². The van der Waals surface area contributed by atoms with Gasteiger partial charge in [0.2, 0.25) is 0 Å². The number of nitrogens with zero attached hydrogens (tertiary/aromatic N) is 3. The fraction of sp³-hybridized carbons (Fsp3) is 0.500. The minimum Gasteiger partial charge on any atom is -0.366 e. The molecule has 2 aromatic rings. The fourth-order valence-electron chi connectivity index (χ4n) is 1.65. The number of aromatic nitrogens is 3. The number of rotatable bonds is 4. The Morgan fingerprint density at radius 2 is 2.24 bits per heavy atom. The van der Waals surface area contributed by atoms with Crippen LogP contribution in [0, 0.1) is 12.8 Å². The lowest BCUT2D eigenvalue weighted by molar-refractivity contribution is 0.571. The van der Waals surface area contributed by atoms with E-state index in [2.05, 4.69) is 45.2 Å². The van der Waals surface area contributed by atoms with Gasteiger partial charge in [-0.05, 0) is 25.8 Å². The van der Waals surface area contributed by atoms with E-state index in [9.17, 15) is 0 Å². The van der Waals surface area contributed by atoms with Crippen LogP contribution >= 0.6 is 15.9 Å². The van der Waals surface area contributed by atoms with Crippen LogP contribution < -0.4 is 5.32 Å². The largest absolute Gasteiger partial charge is 0.366 e. The minimum atomic E-state index is 0.364. The molecule has 5 heteroatoms. The third-order valence-corrected chi connectivity index (χ3v) is 3.99. The minimum absolute atomic E-state index is 0.364. The number of halogens is 1. The quantitative estimate of drug-likeness (QED) is 0.882. The number of hydrogen-bond donors (Lipinski definition) is 1. The van der Waals surface area contributed by atoms with Crippen molar-refractivity contribution in [2.45, 2.75) is 26.8 Å². The van der Waals surface area contributed by atoms with E-state index in [0.29, 0.717) is 12.0 Å². The van der Waals surface area contributed by atoms with Gasteiger partial charge >= 0.3 is 0 Å². The maximum Gasteiger partial charge on any atom is 0.152 e. The first kappa shape index (κ1) is 12.4. The fourth-order valence-corrected chi connectivity index (χ4v) is 2.21. The Labute approximate surface area is 110 Å². The number of hydrogen-bond acceptors (Lipinski definition) is 3.